The second-order valence-electron chi connectivity index (χ2n) is 8.88. The SMILES string of the molecule is CC(C)CC(NC(=O)C(NC(=O)C(N)CCC(N)=O)C(C)O)C(=O)NC(CCCN=C(N)N)C(=O)O. The highest BCUT2D eigenvalue weighted by molar-refractivity contribution is 5.94. The number of nitrogens with two attached hydrogens (primary N) is 4. The van der Waals surface area contributed by atoms with Gasteiger partial charge in [0, 0.05) is 13.0 Å². The van der Waals surface area contributed by atoms with Gasteiger partial charge in [-0.3, -0.25) is 24.2 Å². The molecule has 0 fully saturated rings. The van der Waals surface area contributed by atoms with Crippen molar-refractivity contribution in [1.29, 1.82) is 0 Å². The van der Waals surface area contributed by atoms with Crippen molar-refractivity contribution in [3.63, 3.8) is 0 Å². The third-order valence-corrected chi connectivity index (χ3v) is 5.00. The van der Waals surface area contributed by atoms with E-state index in [0.29, 0.717) is 0 Å². The Labute approximate surface area is 209 Å². The predicted molar refractivity (Wildman–Crippen MR) is 131 cm³/mol. The maximum atomic E-state index is 12.9. The van der Waals surface area contributed by atoms with Gasteiger partial charge >= 0.3 is 5.97 Å². The number of aliphatic hydroxyl groups excluding tert-OH is 1. The summed E-state index contributed by atoms with van der Waals surface area (Å²) in [5, 5.41) is 26.7. The van der Waals surface area contributed by atoms with Crippen LogP contribution in [0.4, 0.5) is 0 Å². The van der Waals surface area contributed by atoms with Gasteiger partial charge in [0.25, 0.3) is 0 Å². The van der Waals surface area contributed by atoms with Crippen LogP contribution in [-0.2, 0) is 24.0 Å². The van der Waals surface area contributed by atoms with Crippen molar-refractivity contribution >= 4 is 35.6 Å². The van der Waals surface area contributed by atoms with Crippen LogP contribution in [0, 0.1) is 5.92 Å². The fourth-order valence-electron chi connectivity index (χ4n) is 3.09. The molecular formula is C21H40N8O7. The van der Waals surface area contributed by atoms with Gasteiger partial charge in [0.05, 0.1) is 12.1 Å². The Hall–Kier alpha value is -3.46. The first-order valence-electron chi connectivity index (χ1n) is 11.6. The molecule has 0 radical (unpaired) electrons. The van der Waals surface area contributed by atoms with Crippen LogP contribution in [0.15, 0.2) is 4.99 Å². The van der Waals surface area contributed by atoms with Gasteiger partial charge in [-0.1, -0.05) is 13.8 Å². The molecule has 0 heterocycles. The predicted octanol–water partition coefficient (Wildman–Crippen LogP) is -3.40. The van der Waals surface area contributed by atoms with Gasteiger partial charge < -0.3 is 49.1 Å². The minimum atomic E-state index is -1.46. The van der Waals surface area contributed by atoms with E-state index in [4.69, 9.17) is 22.9 Å². The van der Waals surface area contributed by atoms with Crippen LogP contribution in [0.1, 0.15) is 52.9 Å². The Morgan fingerprint density at radius 2 is 1.44 bits per heavy atom. The summed E-state index contributed by atoms with van der Waals surface area (Å²) in [6.45, 7) is 5.02. The third kappa shape index (κ3) is 13.4. The maximum Gasteiger partial charge on any atom is 0.326 e. The van der Waals surface area contributed by atoms with E-state index >= 15 is 0 Å². The molecule has 0 aromatic heterocycles. The highest BCUT2D eigenvalue weighted by Crippen LogP contribution is 2.08. The molecule has 0 aromatic carbocycles. The lowest BCUT2D eigenvalue weighted by molar-refractivity contribution is -0.142. The van der Waals surface area contributed by atoms with E-state index < -0.39 is 59.9 Å². The van der Waals surface area contributed by atoms with E-state index in [-0.39, 0.29) is 50.5 Å². The fourth-order valence-corrected chi connectivity index (χ4v) is 3.09. The number of primary amides is 1. The molecule has 0 bridgehead atoms. The molecule has 0 spiro atoms. The fraction of sp³-hybridized carbons (Fsp3) is 0.714. The van der Waals surface area contributed by atoms with Crippen LogP contribution in [0.3, 0.4) is 0 Å². The Kier molecular flexibility index (Phi) is 14.7. The maximum absolute atomic E-state index is 12.9. The summed E-state index contributed by atoms with van der Waals surface area (Å²) < 4.78 is 0. The van der Waals surface area contributed by atoms with Gasteiger partial charge in [0.2, 0.25) is 23.6 Å². The van der Waals surface area contributed by atoms with E-state index in [2.05, 4.69) is 20.9 Å². The smallest absolute Gasteiger partial charge is 0.326 e. The largest absolute Gasteiger partial charge is 0.480 e. The van der Waals surface area contributed by atoms with Crippen molar-refractivity contribution in [3.8, 4) is 0 Å². The zero-order chi connectivity index (χ0) is 28.0. The number of carboxylic acids is 1. The van der Waals surface area contributed by atoms with Gasteiger partial charge in [0.15, 0.2) is 5.96 Å². The van der Waals surface area contributed by atoms with Crippen LogP contribution in [0.5, 0.6) is 0 Å². The zero-order valence-corrected chi connectivity index (χ0v) is 20.9. The summed E-state index contributed by atoms with van der Waals surface area (Å²) in [5.74, 6) is -4.56. The van der Waals surface area contributed by atoms with Crippen LogP contribution in [0.25, 0.3) is 0 Å². The average Bonchev–Trinajstić information content (AvgIpc) is 2.75. The lowest BCUT2D eigenvalue weighted by atomic mass is 10.0. The average molecular weight is 517 g/mol. The molecular weight excluding hydrogens is 476 g/mol. The monoisotopic (exact) mass is 516 g/mol. The third-order valence-electron chi connectivity index (χ3n) is 5.00. The molecule has 5 unspecified atom stereocenters. The first-order chi connectivity index (χ1) is 16.6. The molecule has 36 heavy (non-hydrogen) atoms. The summed E-state index contributed by atoms with van der Waals surface area (Å²) in [6, 6.07) is -5.03. The van der Waals surface area contributed by atoms with Gasteiger partial charge in [-0.25, -0.2) is 4.79 Å². The van der Waals surface area contributed by atoms with Crippen molar-refractivity contribution in [2.24, 2.45) is 33.8 Å². The number of nitrogens with zero attached hydrogens (tertiary/aromatic N) is 1. The molecule has 0 aliphatic rings. The van der Waals surface area contributed by atoms with Crippen LogP contribution in [0.2, 0.25) is 0 Å². The van der Waals surface area contributed by atoms with Crippen LogP contribution >= 0.6 is 0 Å². The number of aliphatic hydroxyl groups is 1. The number of rotatable bonds is 17. The molecule has 0 aliphatic heterocycles. The number of aliphatic carboxylic acids is 1. The minimum absolute atomic E-state index is 0.0374. The summed E-state index contributed by atoms with van der Waals surface area (Å²) in [7, 11) is 0. The first kappa shape index (κ1) is 32.5. The summed E-state index contributed by atoms with van der Waals surface area (Å²) in [6.07, 6.45) is -1.10. The Bertz CT molecular complexity index is 799. The Morgan fingerprint density at radius 1 is 0.861 bits per heavy atom. The van der Waals surface area contributed by atoms with E-state index in [1.54, 1.807) is 13.8 Å². The number of carbonyl (C=O) groups excluding carboxylic acids is 4. The summed E-state index contributed by atoms with van der Waals surface area (Å²) in [5.41, 5.74) is 21.2. The minimum Gasteiger partial charge on any atom is -0.480 e. The van der Waals surface area contributed by atoms with Gasteiger partial charge in [0.1, 0.15) is 18.1 Å². The molecule has 0 rings (SSSR count). The van der Waals surface area contributed by atoms with Gasteiger partial charge in [-0.05, 0) is 38.5 Å². The molecule has 4 amide bonds. The molecule has 15 nitrogen and oxygen atoms in total. The molecule has 0 saturated heterocycles. The highest BCUT2D eigenvalue weighted by atomic mass is 16.4. The molecule has 0 aromatic rings. The van der Waals surface area contributed by atoms with Gasteiger partial charge in [-0.15, -0.1) is 0 Å². The molecule has 15 heteroatoms. The summed E-state index contributed by atoms with van der Waals surface area (Å²) >= 11 is 0. The van der Waals surface area contributed by atoms with E-state index in [1.807, 2.05) is 0 Å². The molecule has 206 valence electrons. The quantitative estimate of drug-likeness (QED) is 0.0524. The number of guanidine groups is 1. The van der Waals surface area contributed by atoms with E-state index in [0.717, 1.165) is 0 Å². The number of nitrogens with one attached hydrogen (secondary N) is 3. The number of carbonyl (C=O) groups is 5. The first-order valence-corrected chi connectivity index (χ1v) is 11.6. The topological polar surface area (TPSA) is 278 Å². The lowest BCUT2D eigenvalue weighted by Crippen LogP contribution is -2.60. The normalized spacial score (nSPS) is 15.1. The standard InChI is InChI=1S/C21H40N8O7/c1-10(2)9-14(18(33)27-13(20(35)36)5-4-8-26-21(24)25)28-19(34)16(11(3)30)29-17(32)12(22)6-7-15(23)31/h10-14,16,30H,4-9,22H2,1-3H3,(H2,23,31)(H,27,33)(H,28,34)(H,29,32)(H,35,36)(H4,24,25,26). The Balaban J connectivity index is 5.38. The van der Waals surface area contributed by atoms with E-state index in [1.165, 1.54) is 6.92 Å². The van der Waals surface area contributed by atoms with Gasteiger partial charge in [-0.2, -0.15) is 0 Å². The molecule has 5 atom stereocenters. The molecule has 0 aliphatic carbocycles. The van der Waals surface area contributed by atoms with Crippen LogP contribution in [-0.4, -0.2) is 82.6 Å². The van der Waals surface area contributed by atoms with Crippen molar-refractivity contribution in [2.45, 2.75) is 83.1 Å². The number of aliphatic imine (C=N–C) groups is 1. The van der Waals surface area contributed by atoms with Crippen LogP contribution < -0.4 is 38.9 Å². The second-order valence-corrected chi connectivity index (χ2v) is 8.88. The molecule has 13 N–H and O–H groups in total. The second kappa shape index (κ2) is 16.3. The summed E-state index contributed by atoms with van der Waals surface area (Å²) in [4.78, 5) is 64.3. The zero-order valence-electron chi connectivity index (χ0n) is 20.9. The number of hydrogen-bond donors (Lipinski definition) is 9. The lowest BCUT2D eigenvalue weighted by Gasteiger charge is -2.27. The van der Waals surface area contributed by atoms with Crippen molar-refractivity contribution in [1.82, 2.24) is 16.0 Å². The van der Waals surface area contributed by atoms with Crippen molar-refractivity contribution in [3.05, 3.63) is 0 Å². The van der Waals surface area contributed by atoms with Crippen molar-refractivity contribution < 1.29 is 34.2 Å². The highest BCUT2D eigenvalue weighted by Gasteiger charge is 2.32. The number of hydrogen-bond acceptors (Lipinski definition) is 8. The molecule has 0 saturated carbocycles. The Morgan fingerprint density at radius 3 is 1.92 bits per heavy atom. The number of amides is 4. The van der Waals surface area contributed by atoms with Crippen molar-refractivity contribution in [2.75, 3.05) is 6.54 Å². The number of carboxylic acid groups (broad SMARTS) is 1. The van der Waals surface area contributed by atoms with E-state index in [9.17, 15) is 34.2 Å².